The maximum absolute atomic E-state index is 5.60. The molecule has 0 amide bonds. The summed E-state index contributed by atoms with van der Waals surface area (Å²) in [4.78, 5) is 4.47. The molecule has 31 heavy (non-hydrogen) atoms. The molecule has 0 saturated heterocycles. The Labute approximate surface area is 186 Å². The molecule has 0 unspecified atom stereocenters. The Kier molecular flexibility index (Phi) is 4.92. The van der Waals surface area contributed by atoms with Crippen molar-refractivity contribution in [3.05, 3.63) is 61.1 Å². The maximum atomic E-state index is 5.60. The second-order valence-electron chi connectivity index (χ2n) is 7.27. The molecule has 3 heterocycles. The zero-order chi connectivity index (χ0) is 21.5. The monoisotopic (exact) mass is 478 g/mol. The number of benzene rings is 2. The van der Waals surface area contributed by atoms with Crippen LogP contribution < -0.4 is 13.9 Å². The van der Waals surface area contributed by atoms with Gasteiger partial charge in [-0.15, -0.1) is 0 Å². The number of rotatable bonds is 5. The van der Waals surface area contributed by atoms with Crippen LogP contribution in [0.3, 0.4) is 0 Å². The molecule has 156 valence electrons. The molecule has 3 aromatic heterocycles. The fraction of sp³-hybridized carbons (Fsp3) is 0.167. The number of fused-ring (bicyclic) bond motifs is 2. The second-order valence-corrected chi connectivity index (χ2v) is 9.05. The molecule has 0 aliphatic heterocycles. The molecule has 0 N–H and O–H groups in total. The van der Waals surface area contributed by atoms with Gasteiger partial charge in [0, 0.05) is 7.05 Å². The van der Waals surface area contributed by atoms with E-state index < -0.39 is 0 Å². The van der Waals surface area contributed by atoms with Gasteiger partial charge in [0.05, 0.1) is 0 Å². The summed E-state index contributed by atoms with van der Waals surface area (Å²) in [6.07, 6.45) is 5.76. The van der Waals surface area contributed by atoms with Gasteiger partial charge in [-0.1, -0.05) is 0 Å². The van der Waals surface area contributed by atoms with E-state index in [9.17, 15) is 0 Å². The van der Waals surface area contributed by atoms with Crippen LogP contribution in [0.5, 0.6) is 11.5 Å². The first-order valence-electron chi connectivity index (χ1n) is 9.82. The molecular weight excluding hydrogens is 455 g/mol. The van der Waals surface area contributed by atoms with Crippen molar-refractivity contribution in [2.24, 2.45) is 7.05 Å². The van der Waals surface area contributed by atoms with Gasteiger partial charge in [0.2, 0.25) is 0 Å². The zero-order valence-corrected chi connectivity index (χ0v) is 19.5. The van der Waals surface area contributed by atoms with Crippen LogP contribution in [0.4, 0.5) is 0 Å². The van der Waals surface area contributed by atoms with E-state index in [1.165, 1.54) is 10.9 Å². The molecule has 2 aromatic carbocycles. The fourth-order valence-electron chi connectivity index (χ4n) is 3.93. The van der Waals surface area contributed by atoms with Crippen molar-refractivity contribution < 1.29 is 9.47 Å². The summed E-state index contributed by atoms with van der Waals surface area (Å²) in [6.45, 7) is 0. The van der Waals surface area contributed by atoms with E-state index in [2.05, 4.69) is 65.0 Å². The minimum absolute atomic E-state index is 0.246. The Hall–Kier alpha value is -3.28. The molecular formula is C24H22N4O2Se. The first kappa shape index (κ1) is 19.7. The van der Waals surface area contributed by atoms with E-state index in [1.54, 1.807) is 14.2 Å². The van der Waals surface area contributed by atoms with Crippen molar-refractivity contribution in [3.8, 4) is 34.0 Å². The summed E-state index contributed by atoms with van der Waals surface area (Å²) < 4.78 is 16.4. The Morgan fingerprint density at radius 1 is 0.935 bits per heavy atom. The standard InChI is InChI=1S/C24H22N4O2Se/c1-27-8-7-16-9-15(5-6-20(16)27)19-12-18-13-25-14-21(28(18)26-19)17-10-22(29-2)24(30-3)23(11-17)31-4/h5-14H,1-4H3. The van der Waals surface area contributed by atoms with Crippen LogP contribution in [0.1, 0.15) is 0 Å². The summed E-state index contributed by atoms with van der Waals surface area (Å²) in [5.41, 5.74) is 6.06. The molecule has 0 spiro atoms. The Bertz CT molecular complexity index is 1400. The average molecular weight is 477 g/mol. The number of methoxy groups -OCH3 is 2. The number of ether oxygens (including phenoxy) is 2. The molecule has 6 nitrogen and oxygen atoms in total. The third-order valence-electron chi connectivity index (χ3n) is 5.51. The molecule has 0 bridgehead atoms. The average Bonchev–Trinajstić information content (AvgIpc) is 3.41. The van der Waals surface area contributed by atoms with Crippen molar-refractivity contribution in [2.75, 3.05) is 14.2 Å². The van der Waals surface area contributed by atoms with E-state index in [-0.39, 0.29) is 15.0 Å². The van der Waals surface area contributed by atoms with Crippen LogP contribution in [0.15, 0.2) is 61.1 Å². The van der Waals surface area contributed by atoms with Gasteiger partial charge in [-0.3, -0.25) is 0 Å². The molecule has 7 heteroatoms. The molecule has 0 aliphatic rings. The Balaban J connectivity index is 1.66. The van der Waals surface area contributed by atoms with Gasteiger partial charge < -0.3 is 0 Å². The van der Waals surface area contributed by atoms with Crippen molar-refractivity contribution in [2.45, 2.75) is 5.82 Å². The number of hydrogen-bond donors (Lipinski definition) is 0. The van der Waals surface area contributed by atoms with E-state index in [4.69, 9.17) is 14.6 Å². The van der Waals surface area contributed by atoms with Crippen LogP contribution in [-0.2, 0) is 7.05 Å². The van der Waals surface area contributed by atoms with Crippen molar-refractivity contribution in [3.63, 3.8) is 0 Å². The van der Waals surface area contributed by atoms with E-state index >= 15 is 0 Å². The summed E-state index contributed by atoms with van der Waals surface area (Å²) in [5, 5.41) is 6.13. The normalized spacial score (nSPS) is 11.4. The third kappa shape index (κ3) is 3.26. The molecule has 0 radical (unpaired) electrons. The molecule has 0 fully saturated rings. The third-order valence-corrected chi connectivity index (χ3v) is 7.07. The number of hydrogen-bond acceptors (Lipinski definition) is 4. The molecule has 0 aliphatic carbocycles. The number of aromatic nitrogens is 4. The first-order valence-corrected chi connectivity index (χ1v) is 12.4. The molecule has 5 aromatic rings. The number of aryl methyl sites for hydroxylation is 1. The van der Waals surface area contributed by atoms with E-state index in [1.807, 2.05) is 23.0 Å². The van der Waals surface area contributed by atoms with Gasteiger partial charge in [0.1, 0.15) is 0 Å². The zero-order valence-electron chi connectivity index (χ0n) is 17.8. The molecule has 0 atom stereocenters. The van der Waals surface area contributed by atoms with Gasteiger partial charge in [0.15, 0.2) is 0 Å². The van der Waals surface area contributed by atoms with E-state index in [0.29, 0.717) is 0 Å². The summed E-state index contributed by atoms with van der Waals surface area (Å²) >= 11 is 0.246. The van der Waals surface area contributed by atoms with Crippen LogP contribution in [0, 0.1) is 0 Å². The Morgan fingerprint density at radius 3 is 2.58 bits per heavy atom. The first-order chi connectivity index (χ1) is 15.1. The quantitative estimate of drug-likeness (QED) is 0.360. The Morgan fingerprint density at radius 2 is 1.81 bits per heavy atom. The van der Waals surface area contributed by atoms with Crippen molar-refractivity contribution in [1.29, 1.82) is 0 Å². The van der Waals surface area contributed by atoms with Crippen LogP contribution in [0.2, 0.25) is 5.82 Å². The van der Waals surface area contributed by atoms with Gasteiger partial charge >= 0.3 is 180 Å². The topological polar surface area (TPSA) is 53.6 Å². The molecule has 0 saturated carbocycles. The summed E-state index contributed by atoms with van der Waals surface area (Å²) in [6, 6.07) is 14.8. The predicted molar refractivity (Wildman–Crippen MR) is 125 cm³/mol. The second kappa shape index (κ2) is 7.76. The van der Waals surface area contributed by atoms with Crippen molar-refractivity contribution >= 4 is 35.8 Å². The van der Waals surface area contributed by atoms with Crippen LogP contribution >= 0.6 is 0 Å². The van der Waals surface area contributed by atoms with Crippen LogP contribution in [-0.4, -0.2) is 48.3 Å². The summed E-state index contributed by atoms with van der Waals surface area (Å²) in [7, 11) is 5.40. The minimum atomic E-state index is 0.246. The molecule has 5 rings (SSSR count). The van der Waals surface area contributed by atoms with Gasteiger partial charge in [-0.05, 0) is 0 Å². The van der Waals surface area contributed by atoms with Gasteiger partial charge in [0.25, 0.3) is 0 Å². The van der Waals surface area contributed by atoms with Crippen molar-refractivity contribution in [1.82, 2.24) is 19.2 Å². The van der Waals surface area contributed by atoms with Gasteiger partial charge in [-0.25, -0.2) is 0 Å². The summed E-state index contributed by atoms with van der Waals surface area (Å²) in [5.74, 6) is 3.68. The number of nitrogens with zero attached hydrogens (tertiary/aromatic N) is 4. The van der Waals surface area contributed by atoms with E-state index in [0.717, 1.165) is 44.0 Å². The van der Waals surface area contributed by atoms with Gasteiger partial charge in [-0.2, -0.15) is 0 Å². The van der Waals surface area contributed by atoms with Crippen LogP contribution in [0.25, 0.3) is 38.9 Å². The SMILES string of the molecule is COc1cc(-c2cncc3cc(-c4ccc5c(ccn5C)c4)nn23)cc([Se]C)c1OC. The predicted octanol–water partition coefficient (Wildman–Crippen LogP) is 3.95. The fourth-order valence-corrected chi connectivity index (χ4v) is 5.22.